The third-order valence-corrected chi connectivity index (χ3v) is 3.31. The number of ether oxygens (including phenoxy) is 1. The van der Waals surface area contributed by atoms with Crippen LogP contribution in [0.3, 0.4) is 0 Å². The molecule has 0 aliphatic heterocycles. The van der Waals surface area contributed by atoms with E-state index in [1.807, 2.05) is 24.3 Å². The van der Waals surface area contributed by atoms with Gasteiger partial charge >= 0.3 is 0 Å². The first-order valence-corrected chi connectivity index (χ1v) is 7.24. The largest absolute Gasteiger partial charge is 0.497 e. The lowest BCUT2D eigenvalue weighted by molar-refractivity contribution is 0.415. The molecule has 112 valence electrons. The van der Waals surface area contributed by atoms with Crippen molar-refractivity contribution in [1.82, 2.24) is 9.97 Å². The summed E-state index contributed by atoms with van der Waals surface area (Å²) in [4.78, 5) is 10.8. The Labute approximate surface area is 129 Å². The Morgan fingerprint density at radius 3 is 2.38 bits per heavy atom. The third-order valence-electron chi connectivity index (χ3n) is 3.11. The highest BCUT2D eigenvalue weighted by molar-refractivity contribution is 6.29. The van der Waals surface area contributed by atoms with Crippen molar-refractivity contribution in [3.8, 4) is 5.75 Å². The Hall–Kier alpha value is -2.01. The third kappa shape index (κ3) is 3.98. The Bertz CT molecular complexity index is 585. The van der Waals surface area contributed by atoms with Gasteiger partial charge in [0.2, 0.25) is 5.95 Å². The Kier molecular flexibility index (Phi) is 5.22. The van der Waals surface area contributed by atoms with Crippen LogP contribution < -0.4 is 15.0 Å². The second kappa shape index (κ2) is 7.13. The SMILES string of the molecule is CCN(CC)c1cc(Cl)nc(Nc2ccc(OC)cc2)n1. The number of halogens is 1. The fraction of sp³-hybridized carbons (Fsp3) is 0.333. The second-order valence-electron chi connectivity index (χ2n) is 4.40. The summed E-state index contributed by atoms with van der Waals surface area (Å²) >= 11 is 6.08. The van der Waals surface area contributed by atoms with E-state index in [2.05, 4.69) is 34.0 Å². The molecule has 1 aromatic heterocycles. The van der Waals surface area contributed by atoms with Crippen LogP contribution in [0.15, 0.2) is 30.3 Å². The summed E-state index contributed by atoms with van der Waals surface area (Å²) < 4.78 is 5.13. The predicted molar refractivity (Wildman–Crippen MR) is 86.9 cm³/mol. The molecular formula is C15H19ClN4O. The number of hydrogen-bond acceptors (Lipinski definition) is 5. The Morgan fingerprint density at radius 2 is 1.81 bits per heavy atom. The highest BCUT2D eigenvalue weighted by atomic mass is 35.5. The van der Waals surface area contributed by atoms with Crippen LogP contribution in [0.5, 0.6) is 5.75 Å². The highest BCUT2D eigenvalue weighted by Gasteiger charge is 2.08. The molecule has 0 atom stereocenters. The first kappa shape index (κ1) is 15.4. The van der Waals surface area contributed by atoms with Gasteiger partial charge in [-0.3, -0.25) is 0 Å². The van der Waals surface area contributed by atoms with E-state index < -0.39 is 0 Å². The molecule has 0 bridgehead atoms. The fourth-order valence-electron chi connectivity index (χ4n) is 1.97. The van der Waals surface area contributed by atoms with Crippen molar-refractivity contribution in [2.24, 2.45) is 0 Å². The van der Waals surface area contributed by atoms with Crippen LogP contribution in [0.2, 0.25) is 5.15 Å². The standard InChI is InChI=1S/C15H19ClN4O/c1-4-20(5-2)14-10-13(16)18-15(19-14)17-11-6-8-12(21-3)9-7-11/h6-10H,4-5H2,1-3H3,(H,17,18,19). The highest BCUT2D eigenvalue weighted by Crippen LogP contribution is 2.22. The maximum Gasteiger partial charge on any atom is 0.230 e. The van der Waals surface area contributed by atoms with Crippen LogP contribution >= 0.6 is 11.6 Å². The van der Waals surface area contributed by atoms with Gasteiger partial charge in [0.05, 0.1) is 7.11 Å². The molecule has 2 rings (SSSR count). The molecule has 5 nitrogen and oxygen atoms in total. The van der Waals surface area contributed by atoms with Crippen LogP contribution in [0.1, 0.15) is 13.8 Å². The van der Waals surface area contributed by atoms with Crippen LogP contribution in [0, 0.1) is 0 Å². The zero-order valence-corrected chi connectivity index (χ0v) is 13.2. The van der Waals surface area contributed by atoms with Crippen molar-refractivity contribution >= 4 is 29.1 Å². The number of benzene rings is 1. The minimum atomic E-state index is 0.419. The lowest BCUT2D eigenvalue weighted by Gasteiger charge is -2.20. The van der Waals surface area contributed by atoms with E-state index in [9.17, 15) is 0 Å². The van der Waals surface area contributed by atoms with Gasteiger partial charge in [0.1, 0.15) is 16.7 Å². The number of anilines is 3. The minimum absolute atomic E-state index is 0.419. The summed E-state index contributed by atoms with van der Waals surface area (Å²) in [6.07, 6.45) is 0. The average Bonchev–Trinajstić information content (AvgIpc) is 2.49. The minimum Gasteiger partial charge on any atom is -0.497 e. The van der Waals surface area contributed by atoms with Gasteiger partial charge in [-0.25, -0.2) is 4.98 Å². The van der Waals surface area contributed by atoms with Gasteiger partial charge in [0.15, 0.2) is 0 Å². The van der Waals surface area contributed by atoms with Gasteiger partial charge in [-0.2, -0.15) is 4.98 Å². The molecule has 0 amide bonds. The summed E-state index contributed by atoms with van der Waals surface area (Å²) in [5.41, 5.74) is 0.878. The molecule has 0 aliphatic carbocycles. The zero-order chi connectivity index (χ0) is 15.2. The molecule has 0 fully saturated rings. The predicted octanol–water partition coefficient (Wildman–Crippen LogP) is 3.73. The van der Waals surface area contributed by atoms with E-state index in [1.54, 1.807) is 13.2 Å². The van der Waals surface area contributed by atoms with E-state index in [0.717, 1.165) is 30.3 Å². The van der Waals surface area contributed by atoms with Crippen molar-refractivity contribution in [2.45, 2.75) is 13.8 Å². The zero-order valence-electron chi connectivity index (χ0n) is 12.4. The van der Waals surface area contributed by atoms with E-state index in [-0.39, 0.29) is 0 Å². The summed E-state index contributed by atoms with van der Waals surface area (Å²) in [5, 5.41) is 3.57. The Morgan fingerprint density at radius 1 is 1.14 bits per heavy atom. The number of rotatable bonds is 6. The van der Waals surface area contributed by atoms with Crippen molar-refractivity contribution in [2.75, 3.05) is 30.4 Å². The average molecular weight is 307 g/mol. The van der Waals surface area contributed by atoms with Crippen LogP contribution in [0.4, 0.5) is 17.5 Å². The van der Waals surface area contributed by atoms with E-state index >= 15 is 0 Å². The van der Waals surface area contributed by atoms with Gasteiger partial charge in [-0.05, 0) is 38.1 Å². The van der Waals surface area contributed by atoms with E-state index in [1.165, 1.54) is 0 Å². The van der Waals surface area contributed by atoms with Crippen molar-refractivity contribution in [3.05, 3.63) is 35.5 Å². The summed E-state index contributed by atoms with van der Waals surface area (Å²) in [5.74, 6) is 2.10. The van der Waals surface area contributed by atoms with Gasteiger partial charge in [-0.1, -0.05) is 11.6 Å². The molecule has 0 saturated heterocycles. The summed E-state index contributed by atoms with van der Waals surface area (Å²) in [6.45, 7) is 5.89. The molecule has 1 N–H and O–H groups in total. The topological polar surface area (TPSA) is 50.3 Å². The quantitative estimate of drug-likeness (QED) is 0.824. The summed E-state index contributed by atoms with van der Waals surface area (Å²) in [6, 6.07) is 9.32. The fourth-order valence-corrected chi connectivity index (χ4v) is 2.15. The smallest absolute Gasteiger partial charge is 0.230 e. The van der Waals surface area contributed by atoms with Gasteiger partial charge in [0, 0.05) is 24.8 Å². The first-order valence-electron chi connectivity index (χ1n) is 6.86. The lowest BCUT2D eigenvalue weighted by Crippen LogP contribution is -2.23. The van der Waals surface area contributed by atoms with E-state index in [0.29, 0.717) is 11.1 Å². The monoisotopic (exact) mass is 306 g/mol. The molecule has 1 aromatic carbocycles. The van der Waals surface area contributed by atoms with Crippen molar-refractivity contribution in [1.29, 1.82) is 0 Å². The number of nitrogens with zero attached hydrogens (tertiary/aromatic N) is 3. The van der Waals surface area contributed by atoms with E-state index in [4.69, 9.17) is 16.3 Å². The maximum atomic E-state index is 6.08. The molecule has 0 radical (unpaired) electrons. The lowest BCUT2D eigenvalue weighted by atomic mass is 10.3. The van der Waals surface area contributed by atoms with Gasteiger partial charge in [0.25, 0.3) is 0 Å². The molecule has 0 aliphatic rings. The van der Waals surface area contributed by atoms with Gasteiger partial charge in [-0.15, -0.1) is 0 Å². The molecule has 0 unspecified atom stereocenters. The molecule has 2 aromatic rings. The number of aromatic nitrogens is 2. The number of methoxy groups -OCH3 is 1. The molecule has 6 heteroatoms. The van der Waals surface area contributed by atoms with Crippen LogP contribution in [0.25, 0.3) is 0 Å². The van der Waals surface area contributed by atoms with Gasteiger partial charge < -0.3 is 15.0 Å². The second-order valence-corrected chi connectivity index (χ2v) is 4.79. The van der Waals surface area contributed by atoms with Crippen LogP contribution in [-0.2, 0) is 0 Å². The molecule has 0 spiro atoms. The van der Waals surface area contributed by atoms with Crippen molar-refractivity contribution in [3.63, 3.8) is 0 Å². The molecule has 0 saturated carbocycles. The maximum absolute atomic E-state index is 6.08. The normalized spacial score (nSPS) is 10.3. The number of hydrogen-bond donors (Lipinski definition) is 1. The molecule has 1 heterocycles. The molecular weight excluding hydrogens is 288 g/mol. The first-order chi connectivity index (χ1) is 10.2. The van der Waals surface area contributed by atoms with Crippen molar-refractivity contribution < 1.29 is 4.74 Å². The molecule has 21 heavy (non-hydrogen) atoms. The number of nitrogens with one attached hydrogen (secondary N) is 1. The summed E-state index contributed by atoms with van der Waals surface area (Å²) in [7, 11) is 1.64. The Balaban J connectivity index is 2.22. The van der Waals surface area contributed by atoms with Crippen LogP contribution in [-0.4, -0.2) is 30.2 Å².